The predicted molar refractivity (Wildman–Crippen MR) is 102 cm³/mol. The molecule has 27 heavy (non-hydrogen) atoms. The monoisotopic (exact) mass is 363 g/mol. The highest BCUT2D eigenvalue weighted by Gasteiger charge is 2.23. The van der Waals surface area contributed by atoms with Crippen LogP contribution in [-0.4, -0.2) is 52.1 Å². The molecule has 1 saturated heterocycles. The summed E-state index contributed by atoms with van der Waals surface area (Å²) in [5.41, 5.74) is 2.67. The van der Waals surface area contributed by atoms with Crippen LogP contribution in [-0.2, 0) is 0 Å². The number of piperazine rings is 1. The highest BCUT2D eigenvalue weighted by molar-refractivity contribution is 5.94. The summed E-state index contributed by atoms with van der Waals surface area (Å²) in [7, 11) is 0. The van der Waals surface area contributed by atoms with Crippen molar-refractivity contribution in [1.29, 1.82) is 0 Å². The first-order valence-electron chi connectivity index (χ1n) is 8.98. The van der Waals surface area contributed by atoms with Crippen LogP contribution in [0.15, 0.2) is 47.1 Å². The van der Waals surface area contributed by atoms with E-state index in [0.29, 0.717) is 24.8 Å². The molecule has 3 aromatic rings. The van der Waals surface area contributed by atoms with Gasteiger partial charge in [-0.1, -0.05) is 22.9 Å². The van der Waals surface area contributed by atoms with Gasteiger partial charge in [0.25, 0.3) is 5.91 Å². The van der Waals surface area contributed by atoms with Gasteiger partial charge in [0.05, 0.1) is 0 Å². The van der Waals surface area contributed by atoms with E-state index in [1.54, 1.807) is 13.1 Å². The third-order valence-electron chi connectivity index (χ3n) is 4.69. The van der Waals surface area contributed by atoms with Crippen molar-refractivity contribution < 1.29 is 9.32 Å². The van der Waals surface area contributed by atoms with Gasteiger partial charge in [-0.3, -0.25) is 4.79 Å². The van der Waals surface area contributed by atoms with Crippen molar-refractivity contribution in [3.8, 4) is 11.4 Å². The average Bonchev–Trinajstić information content (AvgIpc) is 3.14. The van der Waals surface area contributed by atoms with Gasteiger partial charge in [-0.2, -0.15) is 4.98 Å². The SMILES string of the molecule is Cc1cccc(C(=O)N2CCN(c3ccc(-c4noc(C)n4)cn3)CC2)c1. The van der Waals surface area contributed by atoms with Crippen LogP contribution in [0.3, 0.4) is 0 Å². The largest absolute Gasteiger partial charge is 0.353 e. The minimum Gasteiger partial charge on any atom is -0.353 e. The molecule has 1 amide bonds. The number of hydrogen-bond acceptors (Lipinski definition) is 6. The molecule has 0 atom stereocenters. The number of aryl methyl sites for hydroxylation is 2. The van der Waals surface area contributed by atoms with Crippen molar-refractivity contribution >= 4 is 11.7 Å². The molecule has 2 aromatic heterocycles. The van der Waals surface area contributed by atoms with Crippen molar-refractivity contribution in [3.63, 3.8) is 0 Å². The maximum atomic E-state index is 12.7. The van der Waals surface area contributed by atoms with Crippen molar-refractivity contribution in [3.05, 3.63) is 59.6 Å². The van der Waals surface area contributed by atoms with Crippen LogP contribution in [0.1, 0.15) is 21.8 Å². The molecule has 7 heteroatoms. The van der Waals surface area contributed by atoms with Crippen LogP contribution in [0, 0.1) is 13.8 Å². The van der Waals surface area contributed by atoms with Gasteiger partial charge in [0, 0.05) is 50.4 Å². The van der Waals surface area contributed by atoms with Gasteiger partial charge in [0.15, 0.2) is 0 Å². The minimum atomic E-state index is 0.0918. The Kier molecular flexibility index (Phi) is 4.58. The lowest BCUT2D eigenvalue weighted by Crippen LogP contribution is -2.49. The van der Waals surface area contributed by atoms with E-state index in [4.69, 9.17) is 4.52 Å². The third-order valence-corrected chi connectivity index (χ3v) is 4.69. The van der Waals surface area contributed by atoms with E-state index in [1.807, 2.05) is 48.2 Å². The van der Waals surface area contributed by atoms with Crippen molar-refractivity contribution in [1.82, 2.24) is 20.0 Å². The molecule has 4 rings (SSSR count). The minimum absolute atomic E-state index is 0.0918. The number of carbonyl (C=O) groups excluding carboxylic acids is 1. The van der Waals surface area contributed by atoms with Gasteiger partial charge in [0.1, 0.15) is 5.82 Å². The summed E-state index contributed by atoms with van der Waals surface area (Å²) >= 11 is 0. The molecule has 1 aromatic carbocycles. The molecule has 0 aliphatic carbocycles. The summed E-state index contributed by atoms with van der Waals surface area (Å²) in [6.07, 6.45) is 1.75. The molecule has 1 aliphatic rings. The Morgan fingerprint density at radius 2 is 1.89 bits per heavy atom. The van der Waals surface area contributed by atoms with Gasteiger partial charge in [-0.15, -0.1) is 0 Å². The lowest BCUT2D eigenvalue weighted by atomic mass is 10.1. The van der Waals surface area contributed by atoms with Crippen molar-refractivity contribution in [2.24, 2.45) is 0 Å². The summed E-state index contributed by atoms with van der Waals surface area (Å²) < 4.78 is 5.01. The van der Waals surface area contributed by atoms with E-state index in [2.05, 4.69) is 20.0 Å². The van der Waals surface area contributed by atoms with Crippen LogP contribution < -0.4 is 4.90 Å². The number of anilines is 1. The van der Waals surface area contributed by atoms with E-state index < -0.39 is 0 Å². The number of benzene rings is 1. The fraction of sp³-hybridized carbons (Fsp3) is 0.300. The van der Waals surface area contributed by atoms with Crippen LogP contribution in [0.4, 0.5) is 5.82 Å². The van der Waals surface area contributed by atoms with Crippen molar-refractivity contribution in [2.45, 2.75) is 13.8 Å². The molecule has 0 N–H and O–H groups in total. The summed E-state index contributed by atoms with van der Waals surface area (Å²) in [6.45, 7) is 6.63. The predicted octanol–water partition coefficient (Wildman–Crippen LogP) is 2.71. The first kappa shape index (κ1) is 17.2. The van der Waals surface area contributed by atoms with E-state index in [-0.39, 0.29) is 5.91 Å². The highest BCUT2D eigenvalue weighted by atomic mass is 16.5. The van der Waals surface area contributed by atoms with Gasteiger partial charge in [0.2, 0.25) is 11.7 Å². The first-order chi connectivity index (χ1) is 13.1. The molecule has 0 radical (unpaired) electrons. The number of amides is 1. The molecule has 1 fully saturated rings. The molecular formula is C20H21N5O2. The highest BCUT2D eigenvalue weighted by Crippen LogP contribution is 2.20. The van der Waals surface area contributed by atoms with Crippen LogP contribution in [0.25, 0.3) is 11.4 Å². The zero-order valence-electron chi connectivity index (χ0n) is 15.4. The van der Waals surface area contributed by atoms with E-state index >= 15 is 0 Å². The Hall–Kier alpha value is -3.22. The summed E-state index contributed by atoms with van der Waals surface area (Å²) in [5, 5.41) is 3.91. The maximum Gasteiger partial charge on any atom is 0.253 e. The van der Waals surface area contributed by atoms with Gasteiger partial charge in [-0.05, 0) is 31.2 Å². The van der Waals surface area contributed by atoms with E-state index in [1.165, 1.54) is 0 Å². The number of rotatable bonds is 3. The molecule has 0 spiro atoms. The Bertz CT molecular complexity index is 943. The standard InChI is InChI=1S/C20H21N5O2/c1-14-4-3-5-16(12-14)20(26)25-10-8-24(9-11-25)18-7-6-17(13-21-18)19-22-15(2)27-23-19/h3-7,12-13H,8-11H2,1-2H3. The Morgan fingerprint density at radius 1 is 1.07 bits per heavy atom. The average molecular weight is 363 g/mol. The smallest absolute Gasteiger partial charge is 0.253 e. The topological polar surface area (TPSA) is 75.4 Å². The molecule has 138 valence electrons. The molecule has 7 nitrogen and oxygen atoms in total. The zero-order chi connectivity index (χ0) is 18.8. The fourth-order valence-electron chi connectivity index (χ4n) is 3.22. The van der Waals surface area contributed by atoms with Gasteiger partial charge in [-0.25, -0.2) is 4.98 Å². The summed E-state index contributed by atoms with van der Waals surface area (Å²) in [6, 6.07) is 11.6. The van der Waals surface area contributed by atoms with E-state index in [0.717, 1.165) is 35.6 Å². The molecular weight excluding hydrogens is 342 g/mol. The van der Waals surface area contributed by atoms with E-state index in [9.17, 15) is 4.79 Å². The number of nitrogens with zero attached hydrogens (tertiary/aromatic N) is 5. The molecule has 3 heterocycles. The second-order valence-electron chi connectivity index (χ2n) is 6.69. The Morgan fingerprint density at radius 3 is 2.52 bits per heavy atom. The maximum absolute atomic E-state index is 12.7. The van der Waals surface area contributed by atoms with Gasteiger partial charge >= 0.3 is 0 Å². The zero-order valence-corrected chi connectivity index (χ0v) is 15.4. The molecule has 0 unspecified atom stereocenters. The fourth-order valence-corrected chi connectivity index (χ4v) is 3.22. The molecule has 1 aliphatic heterocycles. The number of aromatic nitrogens is 3. The second-order valence-corrected chi connectivity index (χ2v) is 6.69. The Balaban J connectivity index is 1.39. The number of hydrogen-bond donors (Lipinski definition) is 0. The number of carbonyl (C=O) groups is 1. The first-order valence-corrected chi connectivity index (χ1v) is 8.98. The Labute approximate surface area is 157 Å². The lowest BCUT2D eigenvalue weighted by Gasteiger charge is -2.35. The van der Waals surface area contributed by atoms with Crippen LogP contribution in [0.5, 0.6) is 0 Å². The summed E-state index contributed by atoms with van der Waals surface area (Å²) in [5.74, 6) is 2.05. The lowest BCUT2D eigenvalue weighted by molar-refractivity contribution is 0.0746. The van der Waals surface area contributed by atoms with Crippen LogP contribution >= 0.6 is 0 Å². The third kappa shape index (κ3) is 3.67. The quantitative estimate of drug-likeness (QED) is 0.712. The van der Waals surface area contributed by atoms with Crippen molar-refractivity contribution in [2.75, 3.05) is 31.1 Å². The normalized spacial score (nSPS) is 14.4. The second kappa shape index (κ2) is 7.19. The molecule has 0 saturated carbocycles. The van der Waals surface area contributed by atoms with Crippen LogP contribution in [0.2, 0.25) is 0 Å². The number of pyridine rings is 1. The van der Waals surface area contributed by atoms with Gasteiger partial charge < -0.3 is 14.3 Å². The summed E-state index contributed by atoms with van der Waals surface area (Å²) in [4.78, 5) is 25.5. The molecule has 0 bridgehead atoms.